The maximum atomic E-state index is 9.40. The molecule has 13 heavy (non-hydrogen) atoms. The van der Waals surface area contributed by atoms with E-state index in [0.29, 0.717) is 6.54 Å². The van der Waals surface area contributed by atoms with Crippen molar-refractivity contribution in [3.8, 4) is 6.07 Å². The molecule has 0 aromatic carbocycles. The molecular formula is C10H18N2O. The number of β-amino-alcohol motifs (C(OH)–C–C–N with tert-alkyl or cyclic N) is 1. The van der Waals surface area contributed by atoms with Crippen LogP contribution < -0.4 is 0 Å². The number of aliphatic hydroxyl groups is 1. The second-order valence-corrected chi connectivity index (χ2v) is 4.00. The molecule has 1 heterocycles. The van der Waals surface area contributed by atoms with Crippen LogP contribution in [0.15, 0.2) is 0 Å². The molecule has 1 aliphatic heterocycles. The summed E-state index contributed by atoms with van der Waals surface area (Å²) in [4.78, 5) is 2.25. The summed E-state index contributed by atoms with van der Waals surface area (Å²) < 4.78 is 0. The second-order valence-electron chi connectivity index (χ2n) is 4.00. The van der Waals surface area contributed by atoms with Crippen molar-refractivity contribution in [2.45, 2.75) is 32.3 Å². The molecule has 74 valence electrons. The van der Waals surface area contributed by atoms with Crippen molar-refractivity contribution in [1.82, 2.24) is 4.90 Å². The highest BCUT2D eigenvalue weighted by molar-refractivity contribution is 4.79. The summed E-state index contributed by atoms with van der Waals surface area (Å²) in [6, 6.07) is 1.99. The van der Waals surface area contributed by atoms with Gasteiger partial charge in [-0.3, -0.25) is 0 Å². The molecule has 1 saturated heterocycles. The van der Waals surface area contributed by atoms with Gasteiger partial charge in [-0.05, 0) is 31.8 Å². The van der Waals surface area contributed by atoms with Crippen molar-refractivity contribution in [2.24, 2.45) is 5.92 Å². The van der Waals surface area contributed by atoms with Gasteiger partial charge in [0, 0.05) is 6.54 Å². The third-order valence-electron chi connectivity index (χ3n) is 2.67. The largest absolute Gasteiger partial charge is 0.391 e. The molecule has 1 rings (SSSR count). The quantitative estimate of drug-likeness (QED) is 0.708. The van der Waals surface area contributed by atoms with Gasteiger partial charge in [0.1, 0.15) is 0 Å². The van der Waals surface area contributed by atoms with Crippen LogP contribution >= 0.6 is 0 Å². The maximum Gasteiger partial charge on any atom is 0.0796 e. The van der Waals surface area contributed by atoms with Gasteiger partial charge in [0.2, 0.25) is 0 Å². The van der Waals surface area contributed by atoms with Gasteiger partial charge in [-0.2, -0.15) is 5.26 Å². The predicted molar refractivity (Wildman–Crippen MR) is 51.1 cm³/mol. The minimum atomic E-state index is -0.460. The van der Waals surface area contributed by atoms with Gasteiger partial charge in [-0.1, -0.05) is 6.92 Å². The third-order valence-corrected chi connectivity index (χ3v) is 2.67. The lowest BCUT2D eigenvalue weighted by Crippen LogP contribution is -2.38. The smallest absolute Gasteiger partial charge is 0.0796 e. The van der Waals surface area contributed by atoms with E-state index in [2.05, 4.69) is 11.8 Å². The van der Waals surface area contributed by atoms with Crippen LogP contribution in [-0.2, 0) is 0 Å². The molecule has 0 aromatic rings. The molecule has 3 nitrogen and oxygen atoms in total. The number of nitriles is 1. The second kappa shape index (κ2) is 5.21. The molecule has 0 aliphatic carbocycles. The molecule has 1 aliphatic rings. The van der Waals surface area contributed by atoms with E-state index in [0.717, 1.165) is 19.0 Å². The van der Waals surface area contributed by atoms with E-state index in [9.17, 15) is 5.11 Å². The Kier molecular flexibility index (Phi) is 4.20. The van der Waals surface area contributed by atoms with E-state index in [4.69, 9.17) is 5.26 Å². The van der Waals surface area contributed by atoms with Gasteiger partial charge in [0.25, 0.3) is 0 Å². The number of piperidine rings is 1. The van der Waals surface area contributed by atoms with Gasteiger partial charge >= 0.3 is 0 Å². The lowest BCUT2D eigenvalue weighted by Gasteiger charge is -2.31. The van der Waals surface area contributed by atoms with E-state index in [-0.39, 0.29) is 6.42 Å². The first-order valence-corrected chi connectivity index (χ1v) is 4.99. The van der Waals surface area contributed by atoms with Gasteiger partial charge < -0.3 is 10.0 Å². The number of nitrogens with zero attached hydrogens (tertiary/aromatic N) is 2. The van der Waals surface area contributed by atoms with Crippen LogP contribution in [0.5, 0.6) is 0 Å². The predicted octanol–water partition coefficient (Wildman–Crippen LogP) is 0.993. The Hall–Kier alpha value is -0.590. The van der Waals surface area contributed by atoms with E-state index in [1.54, 1.807) is 0 Å². The SMILES string of the molecule is CC1CCN(CC(O)CC#N)CC1. The van der Waals surface area contributed by atoms with Crippen molar-refractivity contribution in [3.05, 3.63) is 0 Å². The van der Waals surface area contributed by atoms with E-state index < -0.39 is 6.10 Å². The zero-order valence-electron chi connectivity index (χ0n) is 8.24. The molecule has 0 amide bonds. The summed E-state index contributed by atoms with van der Waals surface area (Å²) in [6.45, 7) is 5.08. The van der Waals surface area contributed by atoms with Crippen LogP contribution in [-0.4, -0.2) is 35.7 Å². The fourth-order valence-electron chi connectivity index (χ4n) is 1.71. The summed E-state index contributed by atoms with van der Waals surface area (Å²) in [6.07, 6.45) is 2.24. The van der Waals surface area contributed by atoms with E-state index in [1.165, 1.54) is 12.8 Å². The van der Waals surface area contributed by atoms with E-state index >= 15 is 0 Å². The topological polar surface area (TPSA) is 47.3 Å². The van der Waals surface area contributed by atoms with Gasteiger partial charge in [0.15, 0.2) is 0 Å². The average Bonchev–Trinajstić information content (AvgIpc) is 2.09. The average molecular weight is 182 g/mol. The zero-order valence-corrected chi connectivity index (χ0v) is 8.24. The van der Waals surface area contributed by atoms with Crippen LogP contribution in [0.4, 0.5) is 0 Å². The van der Waals surface area contributed by atoms with Crippen molar-refractivity contribution >= 4 is 0 Å². The minimum absolute atomic E-state index is 0.256. The lowest BCUT2D eigenvalue weighted by molar-refractivity contribution is 0.0943. The lowest BCUT2D eigenvalue weighted by atomic mass is 9.99. The number of aliphatic hydroxyl groups excluding tert-OH is 1. The third kappa shape index (κ3) is 3.75. The summed E-state index contributed by atoms with van der Waals surface area (Å²) in [5.74, 6) is 0.823. The van der Waals surface area contributed by atoms with Crippen LogP contribution in [0.25, 0.3) is 0 Å². The van der Waals surface area contributed by atoms with Crippen molar-refractivity contribution in [1.29, 1.82) is 5.26 Å². The van der Waals surface area contributed by atoms with E-state index in [1.807, 2.05) is 6.07 Å². The van der Waals surface area contributed by atoms with Crippen molar-refractivity contribution in [2.75, 3.05) is 19.6 Å². The number of rotatable bonds is 3. The molecule has 1 fully saturated rings. The molecule has 0 radical (unpaired) electrons. The molecule has 1 unspecified atom stereocenters. The maximum absolute atomic E-state index is 9.40. The fraction of sp³-hybridized carbons (Fsp3) is 0.900. The van der Waals surface area contributed by atoms with Crippen LogP contribution in [0, 0.1) is 17.2 Å². The molecule has 0 aromatic heterocycles. The number of likely N-dealkylation sites (tertiary alicyclic amines) is 1. The highest BCUT2D eigenvalue weighted by atomic mass is 16.3. The minimum Gasteiger partial charge on any atom is -0.391 e. The van der Waals surface area contributed by atoms with Gasteiger partial charge in [0.05, 0.1) is 18.6 Å². The van der Waals surface area contributed by atoms with Crippen LogP contribution in [0.1, 0.15) is 26.2 Å². The van der Waals surface area contributed by atoms with Crippen LogP contribution in [0.3, 0.4) is 0 Å². The molecular weight excluding hydrogens is 164 g/mol. The summed E-state index contributed by atoms with van der Waals surface area (Å²) in [5.41, 5.74) is 0. The first kappa shape index (κ1) is 10.5. The Morgan fingerprint density at radius 3 is 2.69 bits per heavy atom. The molecule has 3 heteroatoms. The fourth-order valence-corrected chi connectivity index (χ4v) is 1.71. The Balaban J connectivity index is 2.19. The van der Waals surface area contributed by atoms with Gasteiger partial charge in [-0.15, -0.1) is 0 Å². The first-order chi connectivity index (χ1) is 6.22. The monoisotopic (exact) mass is 182 g/mol. The Morgan fingerprint density at radius 1 is 1.54 bits per heavy atom. The van der Waals surface area contributed by atoms with Crippen LogP contribution in [0.2, 0.25) is 0 Å². The first-order valence-electron chi connectivity index (χ1n) is 4.99. The number of hydrogen-bond donors (Lipinski definition) is 1. The van der Waals surface area contributed by atoms with Crippen molar-refractivity contribution in [3.63, 3.8) is 0 Å². The molecule has 0 bridgehead atoms. The zero-order chi connectivity index (χ0) is 9.68. The normalized spacial score (nSPS) is 22.5. The summed E-state index contributed by atoms with van der Waals surface area (Å²) >= 11 is 0. The Bertz CT molecular complexity index is 180. The molecule has 0 saturated carbocycles. The summed E-state index contributed by atoms with van der Waals surface area (Å²) in [5, 5.41) is 17.8. The van der Waals surface area contributed by atoms with Gasteiger partial charge in [-0.25, -0.2) is 0 Å². The highest BCUT2D eigenvalue weighted by Gasteiger charge is 2.17. The van der Waals surface area contributed by atoms with Crippen molar-refractivity contribution < 1.29 is 5.11 Å². The molecule has 1 N–H and O–H groups in total. The number of hydrogen-bond acceptors (Lipinski definition) is 3. The highest BCUT2D eigenvalue weighted by Crippen LogP contribution is 2.16. The Morgan fingerprint density at radius 2 is 2.15 bits per heavy atom. The Labute approximate surface area is 80.0 Å². The summed E-state index contributed by atoms with van der Waals surface area (Å²) in [7, 11) is 0. The molecule has 0 spiro atoms. The standard InChI is InChI=1S/C10H18N2O/c1-9-3-6-12(7-4-9)8-10(13)2-5-11/h9-10,13H,2-4,6-8H2,1H3. The molecule has 1 atom stereocenters.